The van der Waals surface area contributed by atoms with Gasteiger partial charge in [0.25, 0.3) is 0 Å². The molecule has 0 radical (unpaired) electrons. The number of imidazole rings is 1. The van der Waals surface area contributed by atoms with Crippen LogP contribution in [0.5, 0.6) is 0 Å². The second kappa shape index (κ2) is 8.44. The molecule has 7 heteroatoms. The van der Waals surface area contributed by atoms with Crippen LogP contribution in [0.15, 0.2) is 52.6 Å². The van der Waals surface area contributed by atoms with Crippen molar-refractivity contribution in [1.82, 2.24) is 14.5 Å². The Balaban J connectivity index is 2.02. The number of rotatable bonds is 6. The second-order valence-electron chi connectivity index (χ2n) is 6.23. The van der Waals surface area contributed by atoms with Crippen molar-refractivity contribution < 1.29 is 0 Å². The fourth-order valence-electron chi connectivity index (χ4n) is 2.83. The third kappa shape index (κ3) is 4.41. The number of halogens is 2. The Morgan fingerprint density at radius 3 is 2.35 bits per heavy atom. The van der Waals surface area contributed by atoms with Gasteiger partial charge in [-0.25, -0.2) is 4.98 Å². The maximum Gasteiger partial charge on any atom is 0.124 e. The first-order valence-electron chi connectivity index (χ1n) is 8.30. The van der Waals surface area contributed by atoms with Crippen LogP contribution in [0.25, 0.3) is 0 Å². The van der Waals surface area contributed by atoms with Gasteiger partial charge in [-0.2, -0.15) is 0 Å². The number of hydrogen-bond donors (Lipinski definition) is 1. The Labute approximate surface area is 167 Å². The molecule has 0 fully saturated rings. The van der Waals surface area contributed by atoms with Gasteiger partial charge in [0.2, 0.25) is 0 Å². The molecule has 1 aromatic carbocycles. The predicted molar refractivity (Wildman–Crippen MR) is 108 cm³/mol. The standard InChI is InChI=1S/C19H20Cl2N4S/c1-12(2)18-19(26-16-8-14(20)7-15(21)9-16)24-17(10-22)25(18)11-13-3-5-23-6-4-13/h3-9,12H,10-11,22H2,1-2H3. The molecule has 3 aromatic rings. The zero-order valence-corrected chi connectivity index (χ0v) is 16.9. The molecular formula is C19H20Cl2N4S. The van der Waals surface area contributed by atoms with Crippen LogP contribution in [0.2, 0.25) is 10.0 Å². The minimum absolute atomic E-state index is 0.293. The summed E-state index contributed by atoms with van der Waals surface area (Å²) >= 11 is 13.8. The monoisotopic (exact) mass is 406 g/mol. The fourth-order valence-corrected chi connectivity index (χ4v) is 4.68. The third-order valence-electron chi connectivity index (χ3n) is 3.92. The van der Waals surface area contributed by atoms with E-state index >= 15 is 0 Å². The van der Waals surface area contributed by atoms with Crippen molar-refractivity contribution in [2.45, 2.75) is 42.8 Å². The average molecular weight is 407 g/mol. The number of benzene rings is 1. The van der Waals surface area contributed by atoms with E-state index in [1.165, 1.54) is 0 Å². The molecule has 0 aliphatic heterocycles. The van der Waals surface area contributed by atoms with Gasteiger partial charge in [0.05, 0.1) is 12.2 Å². The topological polar surface area (TPSA) is 56.7 Å². The molecule has 0 aliphatic carbocycles. The molecule has 0 bridgehead atoms. The molecule has 0 saturated carbocycles. The maximum absolute atomic E-state index is 6.14. The van der Waals surface area contributed by atoms with Crippen LogP contribution >= 0.6 is 35.0 Å². The summed E-state index contributed by atoms with van der Waals surface area (Å²) in [6.07, 6.45) is 3.60. The Hall–Kier alpha value is -1.53. The summed E-state index contributed by atoms with van der Waals surface area (Å²) in [4.78, 5) is 9.85. The lowest BCUT2D eigenvalue weighted by Crippen LogP contribution is -2.12. The first-order chi connectivity index (χ1) is 12.5. The van der Waals surface area contributed by atoms with E-state index in [1.54, 1.807) is 30.2 Å². The molecule has 0 spiro atoms. The summed E-state index contributed by atoms with van der Waals surface area (Å²) in [5, 5.41) is 2.16. The van der Waals surface area contributed by atoms with Gasteiger partial charge in [-0.3, -0.25) is 4.98 Å². The number of nitrogens with zero attached hydrogens (tertiary/aromatic N) is 3. The van der Waals surface area contributed by atoms with Crippen LogP contribution in [-0.4, -0.2) is 14.5 Å². The number of pyridine rings is 1. The van der Waals surface area contributed by atoms with Crippen molar-refractivity contribution >= 4 is 35.0 Å². The quantitative estimate of drug-likeness (QED) is 0.597. The van der Waals surface area contributed by atoms with E-state index in [4.69, 9.17) is 33.9 Å². The zero-order valence-electron chi connectivity index (χ0n) is 14.6. The van der Waals surface area contributed by atoms with Crippen LogP contribution in [-0.2, 0) is 13.1 Å². The molecular weight excluding hydrogens is 387 g/mol. The van der Waals surface area contributed by atoms with E-state index in [0.29, 0.717) is 29.1 Å². The lowest BCUT2D eigenvalue weighted by atomic mass is 10.1. The fraction of sp³-hybridized carbons (Fsp3) is 0.263. The molecule has 26 heavy (non-hydrogen) atoms. The van der Waals surface area contributed by atoms with Crippen molar-refractivity contribution in [3.63, 3.8) is 0 Å². The van der Waals surface area contributed by atoms with Crippen LogP contribution in [0, 0.1) is 0 Å². The Morgan fingerprint density at radius 2 is 1.77 bits per heavy atom. The highest BCUT2D eigenvalue weighted by molar-refractivity contribution is 7.99. The van der Waals surface area contributed by atoms with E-state index in [9.17, 15) is 0 Å². The molecule has 4 nitrogen and oxygen atoms in total. The molecule has 0 amide bonds. The highest BCUT2D eigenvalue weighted by Crippen LogP contribution is 2.36. The smallest absolute Gasteiger partial charge is 0.124 e. The second-order valence-corrected chi connectivity index (χ2v) is 8.16. The van der Waals surface area contributed by atoms with Gasteiger partial charge in [0.15, 0.2) is 0 Å². The molecule has 0 saturated heterocycles. The summed E-state index contributed by atoms with van der Waals surface area (Å²) in [5.74, 6) is 1.16. The summed E-state index contributed by atoms with van der Waals surface area (Å²) in [7, 11) is 0. The molecule has 0 unspecified atom stereocenters. The van der Waals surface area contributed by atoms with E-state index in [1.807, 2.05) is 24.3 Å². The zero-order chi connectivity index (χ0) is 18.7. The van der Waals surface area contributed by atoms with Crippen LogP contribution in [0.3, 0.4) is 0 Å². The van der Waals surface area contributed by atoms with Crippen molar-refractivity contribution in [2.24, 2.45) is 5.73 Å². The highest BCUT2D eigenvalue weighted by atomic mass is 35.5. The predicted octanol–water partition coefficient (Wildman–Crippen LogP) is 5.37. The Kier molecular flexibility index (Phi) is 6.24. The Morgan fingerprint density at radius 1 is 1.12 bits per heavy atom. The number of aromatic nitrogens is 3. The van der Waals surface area contributed by atoms with Gasteiger partial charge in [-0.1, -0.05) is 48.8 Å². The summed E-state index contributed by atoms with van der Waals surface area (Å²) in [5.41, 5.74) is 8.30. The normalized spacial score (nSPS) is 11.3. The summed E-state index contributed by atoms with van der Waals surface area (Å²) < 4.78 is 2.20. The number of hydrogen-bond acceptors (Lipinski definition) is 4. The molecule has 2 N–H and O–H groups in total. The maximum atomic E-state index is 6.14. The lowest BCUT2D eigenvalue weighted by molar-refractivity contribution is 0.649. The average Bonchev–Trinajstić information content (AvgIpc) is 2.92. The molecule has 0 aliphatic rings. The molecule has 2 aromatic heterocycles. The molecule has 2 heterocycles. The van der Waals surface area contributed by atoms with Gasteiger partial charge < -0.3 is 10.3 Å². The summed E-state index contributed by atoms with van der Waals surface area (Å²) in [6, 6.07) is 9.53. The molecule has 0 atom stereocenters. The van der Waals surface area contributed by atoms with Crippen LogP contribution in [0.4, 0.5) is 0 Å². The van der Waals surface area contributed by atoms with Crippen molar-refractivity contribution in [3.8, 4) is 0 Å². The van der Waals surface area contributed by atoms with E-state index in [2.05, 4.69) is 23.4 Å². The van der Waals surface area contributed by atoms with Crippen molar-refractivity contribution in [2.75, 3.05) is 0 Å². The van der Waals surface area contributed by atoms with Crippen molar-refractivity contribution in [3.05, 3.63) is 69.9 Å². The van der Waals surface area contributed by atoms with Gasteiger partial charge in [-0.15, -0.1) is 0 Å². The minimum Gasteiger partial charge on any atom is -0.325 e. The van der Waals surface area contributed by atoms with E-state index in [-0.39, 0.29) is 0 Å². The van der Waals surface area contributed by atoms with Crippen LogP contribution < -0.4 is 5.73 Å². The van der Waals surface area contributed by atoms with Gasteiger partial charge in [0.1, 0.15) is 10.9 Å². The SMILES string of the molecule is CC(C)c1c(Sc2cc(Cl)cc(Cl)c2)nc(CN)n1Cc1ccncc1. The Bertz CT molecular complexity index is 874. The first kappa shape index (κ1) is 19.2. The largest absolute Gasteiger partial charge is 0.325 e. The van der Waals surface area contributed by atoms with Crippen LogP contribution in [0.1, 0.15) is 36.8 Å². The minimum atomic E-state index is 0.293. The van der Waals surface area contributed by atoms with Gasteiger partial charge >= 0.3 is 0 Å². The van der Waals surface area contributed by atoms with E-state index in [0.717, 1.165) is 27.0 Å². The molecule has 136 valence electrons. The lowest BCUT2D eigenvalue weighted by Gasteiger charge is -2.15. The van der Waals surface area contributed by atoms with Gasteiger partial charge in [0, 0.05) is 33.9 Å². The highest BCUT2D eigenvalue weighted by Gasteiger charge is 2.20. The van der Waals surface area contributed by atoms with Gasteiger partial charge in [-0.05, 0) is 41.8 Å². The summed E-state index contributed by atoms with van der Waals surface area (Å²) in [6.45, 7) is 5.42. The first-order valence-corrected chi connectivity index (χ1v) is 9.87. The third-order valence-corrected chi connectivity index (χ3v) is 5.32. The number of nitrogens with two attached hydrogens (primary N) is 1. The van der Waals surface area contributed by atoms with E-state index < -0.39 is 0 Å². The molecule has 3 rings (SSSR count). The van der Waals surface area contributed by atoms with Crippen molar-refractivity contribution in [1.29, 1.82) is 0 Å².